The van der Waals surface area contributed by atoms with Crippen molar-refractivity contribution in [2.45, 2.75) is 51.0 Å². The van der Waals surface area contributed by atoms with Crippen LogP contribution in [0.25, 0.3) is 0 Å². The van der Waals surface area contributed by atoms with Gasteiger partial charge < -0.3 is 5.73 Å². The van der Waals surface area contributed by atoms with Gasteiger partial charge in [-0.2, -0.15) is 4.31 Å². The smallest absolute Gasteiger partial charge is 0.244 e. The van der Waals surface area contributed by atoms with E-state index in [0.717, 1.165) is 25.0 Å². The number of halogens is 2. The molecular formula is C14H22ClFN2O2S. The molecule has 1 aromatic rings. The first kappa shape index (κ1) is 18.2. The second-order valence-electron chi connectivity index (χ2n) is 5.03. The second-order valence-corrected chi connectivity index (χ2v) is 7.30. The van der Waals surface area contributed by atoms with Crippen LogP contribution in [-0.4, -0.2) is 25.3 Å². The van der Waals surface area contributed by atoms with Crippen LogP contribution in [0.5, 0.6) is 0 Å². The van der Waals surface area contributed by atoms with E-state index in [4.69, 9.17) is 17.3 Å². The van der Waals surface area contributed by atoms with Crippen LogP contribution >= 0.6 is 11.6 Å². The molecule has 4 nitrogen and oxygen atoms in total. The Morgan fingerprint density at radius 3 is 2.52 bits per heavy atom. The molecule has 21 heavy (non-hydrogen) atoms. The molecule has 0 saturated heterocycles. The first-order valence-electron chi connectivity index (χ1n) is 7.02. The predicted octanol–water partition coefficient (Wildman–Crippen LogP) is 3.65. The summed E-state index contributed by atoms with van der Waals surface area (Å²) < 4.78 is 40.3. The quantitative estimate of drug-likeness (QED) is 0.773. The maximum Gasteiger partial charge on any atom is 0.244 e. The highest BCUT2D eigenvalue weighted by Gasteiger charge is 2.30. The third-order valence-corrected chi connectivity index (χ3v) is 5.93. The molecule has 0 aromatic heterocycles. The molecule has 7 heteroatoms. The number of sulfonamides is 1. The predicted molar refractivity (Wildman–Crippen MR) is 84.4 cm³/mol. The fourth-order valence-corrected chi connectivity index (χ4v) is 4.23. The lowest BCUT2D eigenvalue weighted by atomic mass is 10.2. The Morgan fingerprint density at radius 2 is 2.00 bits per heavy atom. The normalized spacial score (nSPS) is 13.6. The Kier molecular flexibility index (Phi) is 6.43. The third-order valence-electron chi connectivity index (χ3n) is 3.45. The number of hydrogen-bond acceptors (Lipinski definition) is 3. The lowest BCUT2D eigenvalue weighted by Gasteiger charge is -2.28. The molecule has 1 atom stereocenters. The summed E-state index contributed by atoms with van der Waals surface area (Å²) in [7, 11) is -3.80. The van der Waals surface area contributed by atoms with Crippen molar-refractivity contribution in [1.82, 2.24) is 4.31 Å². The van der Waals surface area contributed by atoms with E-state index < -0.39 is 15.8 Å². The average Bonchev–Trinajstić information content (AvgIpc) is 2.42. The van der Waals surface area contributed by atoms with Gasteiger partial charge in [-0.25, -0.2) is 12.8 Å². The molecule has 0 saturated carbocycles. The van der Waals surface area contributed by atoms with Gasteiger partial charge in [-0.15, -0.1) is 0 Å². The van der Waals surface area contributed by atoms with Gasteiger partial charge in [-0.05, 0) is 31.9 Å². The van der Waals surface area contributed by atoms with Crippen LogP contribution in [-0.2, 0) is 10.0 Å². The van der Waals surface area contributed by atoms with E-state index in [2.05, 4.69) is 0 Å². The molecule has 1 unspecified atom stereocenters. The first-order chi connectivity index (χ1) is 9.75. The van der Waals surface area contributed by atoms with Crippen molar-refractivity contribution in [3.8, 4) is 0 Å². The monoisotopic (exact) mass is 336 g/mol. The highest BCUT2D eigenvalue weighted by Crippen LogP contribution is 2.30. The molecule has 120 valence electrons. The standard InChI is InChI=1S/C14H22ClFN2O2S/c1-4-6-7-18(10(3)5-2)21(19,20)14-9-13(17)12(16)8-11(14)15/h8-10H,4-7,17H2,1-3H3. The van der Waals surface area contributed by atoms with Gasteiger partial charge in [-0.3, -0.25) is 0 Å². The fourth-order valence-electron chi connectivity index (χ4n) is 1.96. The summed E-state index contributed by atoms with van der Waals surface area (Å²) in [6.07, 6.45) is 2.30. The minimum Gasteiger partial charge on any atom is -0.396 e. The van der Waals surface area contributed by atoms with E-state index in [-0.39, 0.29) is 21.6 Å². The lowest BCUT2D eigenvalue weighted by molar-refractivity contribution is 0.324. The summed E-state index contributed by atoms with van der Waals surface area (Å²) in [6, 6.07) is 1.87. The molecule has 0 radical (unpaired) electrons. The average molecular weight is 337 g/mol. The van der Waals surface area contributed by atoms with E-state index in [1.165, 1.54) is 4.31 Å². The van der Waals surface area contributed by atoms with E-state index in [9.17, 15) is 12.8 Å². The molecule has 0 bridgehead atoms. The second kappa shape index (κ2) is 7.42. The van der Waals surface area contributed by atoms with Crippen LogP contribution in [0.4, 0.5) is 10.1 Å². The van der Waals surface area contributed by atoms with Crippen molar-refractivity contribution >= 4 is 27.3 Å². The number of nitrogens with two attached hydrogens (primary N) is 1. The number of nitrogens with zero attached hydrogens (tertiary/aromatic N) is 1. The van der Waals surface area contributed by atoms with Gasteiger partial charge in [0.05, 0.1) is 10.7 Å². The van der Waals surface area contributed by atoms with Gasteiger partial charge in [-0.1, -0.05) is 31.9 Å². The molecule has 1 aromatic carbocycles. The minimum absolute atomic E-state index is 0.139. The molecule has 2 N–H and O–H groups in total. The Hall–Kier alpha value is -0.850. The van der Waals surface area contributed by atoms with Gasteiger partial charge in [0.15, 0.2) is 0 Å². The number of benzene rings is 1. The summed E-state index contributed by atoms with van der Waals surface area (Å²) in [4.78, 5) is -0.139. The number of rotatable bonds is 7. The summed E-state index contributed by atoms with van der Waals surface area (Å²) >= 11 is 5.91. The molecule has 0 spiro atoms. The fraction of sp³-hybridized carbons (Fsp3) is 0.571. The van der Waals surface area contributed by atoms with Gasteiger partial charge in [0.1, 0.15) is 10.7 Å². The molecule has 1 rings (SSSR count). The van der Waals surface area contributed by atoms with Gasteiger partial charge in [0.25, 0.3) is 0 Å². The Morgan fingerprint density at radius 1 is 1.38 bits per heavy atom. The van der Waals surface area contributed by atoms with Crippen LogP contribution in [0.3, 0.4) is 0 Å². The van der Waals surface area contributed by atoms with Crippen molar-refractivity contribution in [3.05, 3.63) is 23.0 Å². The van der Waals surface area contributed by atoms with Crippen molar-refractivity contribution in [2.75, 3.05) is 12.3 Å². The van der Waals surface area contributed by atoms with Crippen molar-refractivity contribution in [3.63, 3.8) is 0 Å². The zero-order chi connectivity index (χ0) is 16.2. The van der Waals surface area contributed by atoms with Gasteiger partial charge in [0, 0.05) is 12.6 Å². The van der Waals surface area contributed by atoms with E-state index in [1.807, 2.05) is 20.8 Å². The Labute approximate surface area is 131 Å². The molecule has 0 aliphatic heterocycles. The highest BCUT2D eigenvalue weighted by molar-refractivity contribution is 7.89. The van der Waals surface area contributed by atoms with Crippen molar-refractivity contribution in [2.24, 2.45) is 0 Å². The highest BCUT2D eigenvalue weighted by atomic mass is 35.5. The van der Waals surface area contributed by atoms with Crippen LogP contribution in [0, 0.1) is 5.82 Å². The largest absolute Gasteiger partial charge is 0.396 e. The molecule has 0 heterocycles. The summed E-state index contributed by atoms with van der Waals surface area (Å²) in [5, 5.41) is -0.147. The number of nitrogen functional groups attached to an aromatic ring is 1. The zero-order valence-corrected chi connectivity index (χ0v) is 14.1. The van der Waals surface area contributed by atoms with E-state index in [1.54, 1.807) is 0 Å². The van der Waals surface area contributed by atoms with Crippen LogP contribution in [0.15, 0.2) is 17.0 Å². The molecule has 0 aliphatic carbocycles. The Balaban J connectivity index is 3.31. The molecule has 0 amide bonds. The Bertz CT molecular complexity index is 593. The van der Waals surface area contributed by atoms with Crippen molar-refractivity contribution in [1.29, 1.82) is 0 Å². The topological polar surface area (TPSA) is 63.4 Å². The first-order valence-corrected chi connectivity index (χ1v) is 8.83. The van der Waals surface area contributed by atoms with Gasteiger partial charge in [0.2, 0.25) is 10.0 Å². The summed E-state index contributed by atoms with van der Waals surface area (Å²) in [5.74, 6) is -0.720. The molecule has 0 fully saturated rings. The van der Waals surface area contributed by atoms with Crippen molar-refractivity contribution < 1.29 is 12.8 Å². The summed E-state index contributed by atoms with van der Waals surface area (Å²) in [6.45, 7) is 6.15. The zero-order valence-electron chi connectivity index (χ0n) is 12.6. The molecular weight excluding hydrogens is 315 g/mol. The number of unbranched alkanes of at least 4 members (excludes halogenated alkanes) is 1. The SMILES string of the molecule is CCCCN(C(C)CC)S(=O)(=O)c1cc(N)c(F)cc1Cl. The molecule has 0 aliphatic rings. The van der Waals surface area contributed by atoms with E-state index in [0.29, 0.717) is 13.0 Å². The minimum atomic E-state index is -3.80. The maximum absolute atomic E-state index is 13.4. The van der Waals surface area contributed by atoms with Gasteiger partial charge >= 0.3 is 0 Å². The lowest BCUT2D eigenvalue weighted by Crippen LogP contribution is -2.39. The third kappa shape index (κ3) is 4.08. The van der Waals surface area contributed by atoms with Crippen LogP contribution in [0.1, 0.15) is 40.0 Å². The van der Waals surface area contributed by atoms with Crippen LogP contribution < -0.4 is 5.73 Å². The maximum atomic E-state index is 13.4. The van der Waals surface area contributed by atoms with E-state index >= 15 is 0 Å². The van der Waals surface area contributed by atoms with Crippen LogP contribution in [0.2, 0.25) is 5.02 Å². The number of hydrogen-bond donors (Lipinski definition) is 1. The summed E-state index contributed by atoms with van der Waals surface area (Å²) in [5.41, 5.74) is 5.25. The number of anilines is 1.